The van der Waals surface area contributed by atoms with Crippen LogP contribution in [0.2, 0.25) is 0 Å². The van der Waals surface area contributed by atoms with Crippen molar-refractivity contribution in [2.75, 3.05) is 26.0 Å². The Bertz CT molecular complexity index is 307. The number of aryl methyl sites for hydroxylation is 1. The SMILES string of the molecule is CN(C)C[C@H]1CCc2ccccc2N1. The third-order valence-electron chi connectivity index (χ3n) is 2.72. The summed E-state index contributed by atoms with van der Waals surface area (Å²) >= 11 is 0. The lowest BCUT2D eigenvalue weighted by Crippen LogP contribution is -2.35. The van der Waals surface area contributed by atoms with E-state index in [0.717, 1.165) is 6.54 Å². The van der Waals surface area contributed by atoms with Gasteiger partial charge in [0.25, 0.3) is 0 Å². The number of nitrogens with one attached hydrogen (secondary N) is 1. The molecule has 0 saturated heterocycles. The van der Waals surface area contributed by atoms with Gasteiger partial charge in [-0.15, -0.1) is 0 Å². The Morgan fingerprint density at radius 2 is 2.14 bits per heavy atom. The first kappa shape index (κ1) is 9.53. The zero-order valence-corrected chi connectivity index (χ0v) is 8.96. The van der Waals surface area contributed by atoms with Crippen LogP contribution in [-0.2, 0) is 6.42 Å². The maximum Gasteiger partial charge on any atom is 0.0391 e. The van der Waals surface area contributed by atoms with Crippen LogP contribution < -0.4 is 5.32 Å². The quantitative estimate of drug-likeness (QED) is 0.767. The molecule has 0 aliphatic carbocycles. The van der Waals surface area contributed by atoms with Crippen molar-refractivity contribution in [3.05, 3.63) is 29.8 Å². The number of hydrogen-bond donors (Lipinski definition) is 1. The Morgan fingerprint density at radius 3 is 2.93 bits per heavy atom. The zero-order chi connectivity index (χ0) is 9.97. The number of likely N-dealkylation sites (N-methyl/N-ethyl adjacent to an activating group) is 1. The van der Waals surface area contributed by atoms with Crippen molar-refractivity contribution in [3.8, 4) is 0 Å². The van der Waals surface area contributed by atoms with E-state index in [0.29, 0.717) is 6.04 Å². The third kappa shape index (κ3) is 2.07. The predicted octanol–water partition coefficient (Wildman–Crippen LogP) is 1.97. The van der Waals surface area contributed by atoms with Gasteiger partial charge in [0, 0.05) is 18.3 Å². The van der Waals surface area contributed by atoms with Gasteiger partial charge in [-0.25, -0.2) is 0 Å². The molecule has 1 aliphatic heterocycles. The minimum atomic E-state index is 0.611. The average molecular weight is 190 g/mol. The summed E-state index contributed by atoms with van der Waals surface area (Å²) < 4.78 is 0. The molecule has 1 aromatic rings. The molecule has 0 unspecified atom stereocenters. The highest BCUT2D eigenvalue weighted by Crippen LogP contribution is 2.24. The van der Waals surface area contributed by atoms with Crippen LogP contribution in [0.1, 0.15) is 12.0 Å². The Balaban J connectivity index is 2.06. The zero-order valence-electron chi connectivity index (χ0n) is 8.96. The second-order valence-corrected chi connectivity index (χ2v) is 4.30. The molecule has 0 spiro atoms. The summed E-state index contributed by atoms with van der Waals surface area (Å²) in [6.07, 6.45) is 2.46. The topological polar surface area (TPSA) is 15.3 Å². The van der Waals surface area contributed by atoms with E-state index in [4.69, 9.17) is 0 Å². The van der Waals surface area contributed by atoms with Crippen molar-refractivity contribution in [1.29, 1.82) is 0 Å². The van der Waals surface area contributed by atoms with E-state index in [-0.39, 0.29) is 0 Å². The second-order valence-electron chi connectivity index (χ2n) is 4.30. The van der Waals surface area contributed by atoms with Gasteiger partial charge in [-0.2, -0.15) is 0 Å². The van der Waals surface area contributed by atoms with E-state index in [1.54, 1.807) is 0 Å². The second kappa shape index (κ2) is 4.01. The number of anilines is 1. The van der Waals surface area contributed by atoms with Crippen LogP contribution in [0.5, 0.6) is 0 Å². The molecule has 0 radical (unpaired) electrons. The molecule has 2 heteroatoms. The fourth-order valence-corrected chi connectivity index (χ4v) is 2.08. The summed E-state index contributed by atoms with van der Waals surface area (Å²) in [5.41, 5.74) is 2.79. The predicted molar refractivity (Wildman–Crippen MR) is 60.7 cm³/mol. The molecule has 2 nitrogen and oxygen atoms in total. The minimum Gasteiger partial charge on any atom is -0.381 e. The molecule has 2 rings (SSSR count). The molecule has 1 N–H and O–H groups in total. The smallest absolute Gasteiger partial charge is 0.0391 e. The fourth-order valence-electron chi connectivity index (χ4n) is 2.08. The molecule has 0 amide bonds. The maximum atomic E-state index is 3.59. The van der Waals surface area contributed by atoms with E-state index in [1.165, 1.54) is 24.1 Å². The summed E-state index contributed by atoms with van der Waals surface area (Å²) in [7, 11) is 4.25. The molecule has 0 saturated carbocycles. The molecule has 14 heavy (non-hydrogen) atoms. The van der Waals surface area contributed by atoms with Crippen molar-refractivity contribution in [3.63, 3.8) is 0 Å². The molecule has 1 atom stereocenters. The van der Waals surface area contributed by atoms with Gasteiger partial charge in [-0.05, 0) is 38.6 Å². The van der Waals surface area contributed by atoms with Crippen LogP contribution in [0.3, 0.4) is 0 Å². The normalized spacial score (nSPS) is 20.4. The van der Waals surface area contributed by atoms with Crippen LogP contribution in [0.25, 0.3) is 0 Å². The van der Waals surface area contributed by atoms with E-state index in [9.17, 15) is 0 Å². The van der Waals surface area contributed by atoms with Gasteiger partial charge in [0.05, 0.1) is 0 Å². The van der Waals surface area contributed by atoms with Gasteiger partial charge < -0.3 is 10.2 Å². The minimum absolute atomic E-state index is 0.611. The van der Waals surface area contributed by atoms with E-state index < -0.39 is 0 Å². The number of benzene rings is 1. The lowest BCUT2D eigenvalue weighted by Gasteiger charge is -2.29. The molecular formula is C12H18N2. The summed E-state index contributed by atoms with van der Waals surface area (Å²) in [6, 6.07) is 9.22. The van der Waals surface area contributed by atoms with Crippen molar-refractivity contribution in [2.45, 2.75) is 18.9 Å². The van der Waals surface area contributed by atoms with E-state index in [1.807, 2.05) is 0 Å². The number of para-hydroxylation sites is 1. The standard InChI is InChI=1S/C12H18N2/c1-14(2)9-11-8-7-10-5-3-4-6-12(10)13-11/h3-6,11,13H,7-9H2,1-2H3/t11-/m1/s1. The average Bonchev–Trinajstić information content (AvgIpc) is 2.17. The Kier molecular flexibility index (Phi) is 2.73. The van der Waals surface area contributed by atoms with E-state index in [2.05, 4.69) is 48.6 Å². The van der Waals surface area contributed by atoms with Gasteiger partial charge in [0.2, 0.25) is 0 Å². The Hall–Kier alpha value is -1.02. The van der Waals surface area contributed by atoms with Crippen molar-refractivity contribution < 1.29 is 0 Å². The maximum absolute atomic E-state index is 3.59. The summed E-state index contributed by atoms with van der Waals surface area (Å²) in [5, 5.41) is 3.59. The Labute approximate surface area is 85.9 Å². The van der Waals surface area contributed by atoms with E-state index >= 15 is 0 Å². The molecular weight excluding hydrogens is 172 g/mol. The van der Waals surface area contributed by atoms with Gasteiger partial charge in [0.15, 0.2) is 0 Å². The highest BCUT2D eigenvalue weighted by molar-refractivity contribution is 5.53. The molecule has 1 heterocycles. The van der Waals surface area contributed by atoms with Gasteiger partial charge in [-0.1, -0.05) is 18.2 Å². The number of hydrogen-bond acceptors (Lipinski definition) is 2. The van der Waals surface area contributed by atoms with Gasteiger partial charge in [-0.3, -0.25) is 0 Å². The molecule has 1 aromatic carbocycles. The third-order valence-corrected chi connectivity index (χ3v) is 2.72. The van der Waals surface area contributed by atoms with Crippen molar-refractivity contribution in [1.82, 2.24) is 4.90 Å². The lowest BCUT2D eigenvalue weighted by atomic mass is 9.98. The van der Waals surface area contributed by atoms with Gasteiger partial charge >= 0.3 is 0 Å². The van der Waals surface area contributed by atoms with Crippen LogP contribution in [0.4, 0.5) is 5.69 Å². The number of nitrogens with zero attached hydrogens (tertiary/aromatic N) is 1. The lowest BCUT2D eigenvalue weighted by molar-refractivity contribution is 0.371. The van der Waals surface area contributed by atoms with Crippen molar-refractivity contribution in [2.24, 2.45) is 0 Å². The van der Waals surface area contributed by atoms with Crippen LogP contribution >= 0.6 is 0 Å². The first-order valence-electron chi connectivity index (χ1n) is 5.25. The molecule has 0 aromatic heterocycles. The van der Waals surface area contributed by atoms with Crippen LogP contribution in [0.15, 0.2) is 24.3 Å². The Morgan fingerprint density at radius 1 is 1.36 bits per heavy atom. The first-order chi connectivity index (χ1) is 6.75. The van der Waals surface area contributed by atoms with Crippen molar-refractivity contribution >= 4 is 5.69 Å². The number of rotatable bonds is 2. The molecule has 0 fully saturated rings. The molecule has 0 bridgehead atoms. The van der Waals surface area contributed by atoms with Crippen LogP contribution in [-0.4, -0.2) is 31.6 Å². The highest BCUT2D eigenvalue weighted by atomic mass is 15.1. The summed E-state index contributed by atoms with van der Waals surface area (Å²) in [4.78, 5) is 2.24. The largest absolute Gasteiger partial charge is 0.381 e. The summed E-state index contributed by atoms with van der Waals surface area (Å²) in [5.74, 6) is 0. The first-order valence-corrected chi connectivity index (χ1v) is 5.25. The summed E-state index contributed by atoms with van der Waals surface area (Å²) in [6.45, 7) is 1.12. The number of fused-ring (bicyclic) bond motifs is 1. The molecule has 1 aliphatic rings. The van der Waals surface area contributed by atoms with Gasteiger partial charge in [0.1, 0.15) is 0 Å². The molecule has 76 valence electrons. The highest BCUT2D eigenvalue weighted by Gasteiger charge is 2.16. The monoisotopic (exact) mass is 190 g/mol. The van der Waals surface area contributed by atoms with Crippen LogP contribution in [0, 0.1) is 0 Å². The fraction of sp³-hybridized carbons (Fsp3) is 0.500.